The Morgan fingerprint density at radius 1 is 1.10 bits per heavy atom. The predicted molar refractivity (Wildman–Crippen MR) is 105 cm³/mol. The van der Waals surface area contributed by atoms with E-state index in [0.717, 1.165) is 25.0 Å². The number of rotatable bonds is 5. The highest BCUT2D eigenvalue weighted by Gasteiger charge is 2.45. The molecule has 1 amide bonds. The number of carbonyl (C=O) groups is 1. The standard InChI is InChI=1S/C19H26F3N3O4S/c1-3-18(8-9-25(14-18)30(2,27)28)24-12-10-23(11-13-24)17(26)15-4-6-16(7-5-15)29-19(20,21)22/h4-7H,3,8-14H2,1-2H3. The summed E-state index contributed by atoms with van der Waals surface area (Å²) in [5, 5.41) is 0. The number of ether oxygens (including phenoxy) is 1. The molecule has 0 bridgehead atoms. The van der Waals surface area contributed by atoms with Crippen LogP contribution in [0.2, 0.25) is 0 Å². The fourth-order valence-corrected chi connectivity index (χ4v) is 5.14. The van der Waals surface area contributed by atoms with E-state index >= 15 is 0 Å². The Kier molecular flexibility index (Phi) is 6.35. The summed E-state index contributed by atoms with van der Waals surface area (Å²) in [5.74, 6) is -0.617. The van der Waals surface area contributed by atoms with Gasteiger partial charge in [-0.05, 0) is 37.1 Å². The van der Waals surface area contributed by atoms with Crippen molar-refractivity contribution >= 4 is 15.9 Å². The molecule has 0 radical (unpaired) electrons. The Hall–Kier alpha value is -1.85. The maximum atomic E-state index is 12.7. The van der Waals surface area contributed by atoms with Crippen LogP contribution in [0.1, 0.15) is 30.1 Å². The Morgan fingerprint density at radius 3 is 2.17 bits per heavy atom. The molecule has 2 aliphatic rings. The molecule has 1 atom stereocenters. The van der Waals surface area contributed by atoms with E-state index < -0.39 is 16.4 Å². The Labute approximate surface area is 174 Å². The van der Waals surface area contributed by atoms with Crippen LogP contribution >= 0.6 is 0 Å². The summed E-state index contributed by atoms with van der Waals surface area (Å²) >= 11 is 0. The first-order valence-electron chi connectivity index (χ1n) is 9.79. The van der Waals surface area contributed by atoms with Gasteiger partial charge in [-0.1, -0.05) is 6.92 Å². The van der Waals surface area contributed by atoms with Gasteiger partial charge in [-0.3, -0.25) is 9.69 Å². The minimum absolute atomic E-state index is 0.227. The molecular formula is C19H26F3N3O4S. The van der Waals surface area contributed by atoms with Crippen LogP contribution in [0, 0.1) is 0 Å². The lowest BCUT2D eigenvalue weighted by atomic mass is 9.92. The van der Waals surface area contributed by atoms with Gasteiger partial charge in [0, 0.05) is 50.4 Å². The van der Waals surface area contributed by atoms with Gasteiger partial charge >= 0.3 is 6.36 Å². The molecule has 2 heterocycles. The number of sulfonamides is 1. The number of nitrogens with zero attached hydrogens (tertiary/aromatic N) is 3. The molecule has 3 rings (SSSR count). The third kappa shape index (κ3) is 5.06. The fourth-order valence-electron chi connectivity index (χ4n) is 4.24. The van der Waals surface area contributed by atoms with Crippen LogP contribution in [0.3, 0.4) is 0 Å². The van der Waals surface area contributed by atoms with Gasteiger partial charge in [0.25, 0.3) is 5.91 Å². The average molecular weight is 449 g/mol. The van der Waals surface area contributed by atoms with Crippen molar-refractivity contribution in [1.29, 1.82) is 0 Å². The molecule has 0 spiro atoms. The Bertz CT molecular complexity index is 868. The summed E-state index contributed by atoms with van der Waals surface area (Å²) in [4.78, 5) is 16.6. The van der Waals surface area contributed by atoms with E-state index in [1.807, 2.05) is 6.92 Å². The third-order valence-electron chi connectivity index (χ3n) is 6.00. The van der Waals surface area contributed by atoms with Crippen LogP contribution < -0.4 is 4.74 Å². The summed E-state index contributed by atoms with van der Waals surface area (Å²) in [6.07, 6.45) is -1.98. The van der Waals surface area contributed by atoms with E-state index in [1.54, 1.807) is 4.90 Å². The Morgan fingerprint density at radius 2 is 1.70 bits per heavy atom. The summed E-state index contributed by atoms with van der Waals surface area (Å²) in [7, 11) is -3.24. The van der Waals surface area contributed by atoms with E-state index in [2.05, 4.69) is 9.64 Å². The highest BCUT2D eigenvalue weighted by atomic mass is 32.2. The van der Waals surface area contributed by atoms with Crippen molar-refractivity contribution in [2.24, 2.45) is 0 Å². The van der Waals surface area contributed by atoms with Gasteiger partial charge in [-0.25, -0.2) is 12.7 Å². The maximum absolute atomic E-state index is 12.7. The summed E-state index contributed by atoms with van der Waals surface area (Å²) in [6.45, 7) is 5.18. The third-order valence-corrected chi connectivity index (χ3v) is 7.25. The molecule has 11 heteroatoms. The number of hydrogen-bond donors (Lipinski definition) is 0. The average Bonchev–Trinajstić information content (AvgIpc) is 3.13. The van der Waals surface area contributed by atoms with E-state index in [9.17, 15) is 26.4 Å². The molecule has 1 aromatic carbocycles. The number of amides is 1. The first-order chi connectivity index (χ1) is 13.9. The van der Waals surface area contributed by atoms with Crippen molar-refractivity contribution in [3.8, 4) is 5.75 Å². The second-order valence-corrected chi connectivity index (χ2v) is 9.76. The van der Waals surface area contributed by atoms with Gasteiger partial charge in [0.1, 0.15) is 5.75 Å². The van der Waals surface area contributed by atoms with Gasteiger partial charge in [0.2, 0.25) is 10.0 Å². The van der Waals surface area contributed by atoms with Crippen molar-refractivity contribution in [3.05, 3.63) is 29.8 Å². The first kappa shape index (κ1) is 22.8. The van der Waals surface area contributed by atoms with Gasteiger partial charge in [-0.15, -0.1) is 13.2 Å². The maximum Gasteiger partial charge on any atom is 0.573 e. The zero-order valence-corrected chi connectivity index (χ0v) is 17.8. The van der Waals surface area contributed by atoms with E-state index in [1.165, 1.54) is 22.7 Å². The zero-order chi connectivity index (χ0) is 22.2. The highest BCUT2D eigenvalue weighted by molar-refractivity contribution is 7.88. The lowest BCUT2D eigenvalue weighted by molar-refractivity contribution is -0.274. The molecule has 1 unspecified atom stereocenters. The number of piperazine rings is 1. The molecule has 2 aliphatic heterocycles. The number of halogens is 3. The normalized spacial score (nSPS) is 24.2. The summed E-state index contributed by atoms with van der Waals surface area (Å²) in [5.41, 5.74) is 0.0710. The van der Waals surface area contributed by atoms with Crippen molar-refractivity contribution in [3.63, 3.8) is 0 Å². The summed E-state index contributed by atoms with van der Waals surface area (Å²) in [6, 6.07) is 4.90. The minimum atomic E-state index is -4.77. The van der Waals surface area contributed by atoms with E-state index in [-0.39, 0.29) is 17.2 Å². The summed E-state index contributed by atoms with van der Waals surface area (Å²) < 4.78 is 65.9. The molecule has 7 nitrogen and oxygen atoms in total. The highest BCUT2D eigenvalue weighted by Crippen LogP contribution is 2.33. The van der Waals surface area contributed by atoms with Crippen molar-refractivity contribution in [2.45, 2.75) is 31.7 Å². The lowest BCUT2D eigenvalue weighted by Gasteiger charge is -2.45. The molecule has 2 saturated heterocycles. The molecule has 1 aromatic rings. The van der Waals surface area contributed by atoms with Crippen LogP contribution in [0.4, 0.5) is 13.2 Å². The second kappa shape index (κ2) is 8.35. The molecule has 0 aromatic heterocycles. The van der Waals surface area contributed by atoms with Gasteiger partial charge in [0.15, 0.2) is 0 Å². The zero-order valence-electron chi connectivity index (χ0n) is 17.0. The molecular weight excluding hydrogens is 423 g/mol. The van der Waals surface area contributed by atoms with E-state index in [4.69, 9.17) is 0 Å². The Balaban J connectivity index is 1.60. The van der Waals surface area contributed by atoms with Crippen LogP contribution in [-0.4, -0.2) is 85.9 Å². The molecule has 2 fully saturated rings. The van der Waals surface area contributed by atoms with Crippen molar-refractivity contribution < 1.29 is 31.1 Å². The molecule has 30 heavy (non-hydrogen) atoms. The number of benzene rings is 1. The minimum Gasteiger partial charge on any atom is -0.406 e. The molecule has 0 aliphatic carbocycles. The smallest absolute Gasteiger partial charge is 0.406 e. The van der Waals surface area contributed by atoms with Crippen LogP contribution in [0.15, 0.2) is 24.3 Å². The SMILES string of the molecule is CCC1(N2CCN(C(=O)c3ccc(OC(F)(F)F)cc3)CC2)CCN(S(C)(=O)=O)C1. The van der Waals surface area contributed by atoms with Crippen LogP contribution in [0.25, 0.3) is 0 Å². The predicted octanol–water partition coefficient (Wildman–Crippen LogP) is 2.16. The fraction of sp³-hybridized carbons (Fsp3) is 0.632. The quantitative estimate of drug-likeness (QED) is 0.689. The van der Waals surface area contributed by atoms with Crippen molar-refractivity contribution in [1.82, 2.24) is 14.1 Å². The van der Waals surface area contributed by atoms with Crippen LogP contribution in [-0.2, 0) is 10.0 Å². The van der Waals surface area contributed by atoms with Crippen molar-refractivity contribution in [2.75, 3.05) is 45.5 Å². The number of alkyl halides is 3. The first-order valence-corrected chi connectivity index (χ1v) is 11.6. The molecule has 0 saturated carbocycles. The number of carbonyl (C=O) groups excluding carboxylic acids is 1. The molecule has 168 valence electrons. The van der Waals surface area contributed by atoms with Crippen LogP contribution in [0.5, 0.6) is 5.75 Å². The number of hydrogen-bond acceptors (Lipinski definition) is 5. The van der Waals surface area contributed by atoms with E-state index in [0.29, 0.717) is 44.8 Å². The lowest BCUT2D eigenvalue weighted by Crippen LogP contribution is -2.59. The second-order valence-electron chi connectivity index (χ2n) is 7.78. The monoisotopic (exact) mass is 449 g/mol. The van der Waals surface area contributed by atoms with Gasteiger partial charge in [0.05, 0.1) is 6.26 Å². The largest absolute Gasteiger partial charge is 0.573 e. The van der Waals surface area contributed by atoms with Gasteiger partial charge < -0.3 is 9.64 Å². The van der Waals surface area contributed by atoms with Gasteiger partial charge in [-0.2, -0.15) is 0 Å². The topological polar surface area (TPSA) is 70.2 Å². The molecule has 0 N–H and O–H groups in total.